The molecule has 0 amide bonds. The lowest BCUT2D eigenvalue weighted by Crippen LogP contribution is -2.58. The number of fused-ring (bicyclic) bond motifs is 2. The second-order valence-electron chi connectivity index (χ2n) is 13.9. The smallest absolute Gasteiger partial charge is 0.316 e. The van der Waals surface area contributed by atoms with Crippen LogP contribution in [0.4, 0.5) is 0 Å². The van der Waals surface area contributed by atoms with E-state index in [1.54, 1.807) is 20.9 Å². The molecule has 0 aliphatic carbocycles. The summed E-state index contributed by atoms with van der Waals surface area (Å²) in [6.07, 6.45) is -2.27. The maximum absolute atomic E-state index is 13.9. The molecule has 0 aromatic carbocycles. The number of nitrogens with one attached hydrogen (secondary N) is 1. The Morgan fingerprint density at radius 3 is 2.32 bits per heavy atom. The van der Waals surface area contributed by atoms with Crippen molar-refractivity contribution in [3.8, 4) is 0 Å². The minimum atomic E-state index is -1.04. The van der Waals surface area contributed by atoms with Gasteiger partial charge in [0, 0.05) is 17.9 Å². The quantitative estimate of drug-likeness (QED) is 0.368. The molecule has 4 fully saturated rings. The highest BCUT2D eigenvalue weighted by Gasteiger charge is 2.61. The van der Waals surface area contributed by atoms with E-state index in [0.29, 0.717) is 19.3 Å². The summed E-state index contributed by atoms with van der Waals surface area (Å²) in [6.45, 7) is 19.1. The molecule has 4 aliphatic heterocycles. The number of ketones is 1. The van der Waals surface area contributed by atoms with E-state index in [1.807, 2.05) is 48.5 Å². The zero-order valence-electron chi connectivity index (χ0n) is 26.8. The first-order valence-corrected chi connectivity index (χ1v) is 15.4. The summed E-state index contributed by atoms with van der Waals surface area (Å²) in [5.74, 6) is -3.76. The van der Waals surface area contributed by atoms with E-state index in [2.05, 4.69) is 12.2 Å². The first-order valence-electron chi connectivity index (χ1n) is 15.4. The maximum atomic E-state index is 13.9. The second kappa shape index (κ2) is 11.7. The van der Waals surface area contributed by atoms with Crippen LogP contribution in [-0.2, 0) is 38.0 Å². The molecule has 41 heavy (non-hydrogen) atoms. The number of cyclic esters (lactones) is 1. The van der Waals surface area contributed by atoms with E-state index in [4.69, 9.17) is 28.4 Å². The van der Waals surface area contributed by atoms with Gasteiger partial charge >= 0.3 is 5.97 Å². The first-order chi connectivity index (χ1) is 19.0. The standard InChI is InChI=1S/C31H53NO9/c1-12-21-31(10,41-29(7,8)39-21)26-19(6)24-15(2)14-30(9,40-24)25(17(4)22(33)18(5)27(35)37-26)38-28-23(34)20(32-11)13-16(3)36-28/h15-21,23-26,28,32,34H,12-14H2,1-11H3/t15?,16?,17-,18+,19-,20?,21+,23?,24?,25+,26+,28-,30-,31+/m0/s1. The monoisotopic (exact) mass is 583 g/mol. The van der Waals surface area contributed by atoms with Gasteiger partial charge in [0.25, 0.3) is 0 Å². The molecule has 4 aliphatic rings. The number of esters is 1. The third-order valence-electron chi connectivity index (χ3n) is 9.98. The molecule has 0 aromatic rings. The molecule has 2 N–H and O–H groups in total. The minimum absolute atomic E-state index is 0.0571. The lowest BCUT2D eigenvalue weighted by Gasteiger charge is -2.44. The zero-order chi connectivity index (χ0) is 30.7. The number of likely N-dealkylation sites (N-methyl/N-ethyl adjacent to an activating group) is 1. The van der Waals surface area contributed by atoms with E-state index in [-0.39, 0.29) is 42.0 Å². The predicted molar refractivity (Wildman–Crippen MR) is 151 cm³/mol. The molecular formula is C31H53NO9. The lowest BCUT2D eigenvalue weighted by molar-refractivity contribution is -0.290. The molecule has 4 saturated heterocycles. The van der Waals surface area contributed by atoms with Crippen LogP contribution < -0.4 is 5.32 Å². The van der Waals surface area contributed by atoms with Crippen molar-refractivity contribution in [2.75, 3.05) is 7.05 Å². The Morgan fingerprint density at radius 2 is 1.71 bits per heavy atom. The highest BCUT2D eigenvalue weighted by Crippen LogP contribution is 2.50. The highest BCUT2D eigenvalue weighted by atomic mass is 16.8. The van der Waals surface area contributed by atoms with Crippen molar-refractivity contribution in [1.29, 1.82) is 0 Å². The van der Waals surface area contributed by atoms with Crippen LogP contribution in [0.25, 0.3) is 0 Å². The number of rotatable bonds is 5. The summed E-state index contributed by atoms with van der Waals surface area (Å²) in [7, 11) is 1.80. The van der Waals surface area contributed by atoms with Crippen LogP contribution in [0.2, 0.25) is 0 Å². The number of carbonyl (C=O) groups excluding carboxylic acids is 2. The minimum Gasteiger partial charge on any atom is -0.458 e. The van der Waals surface area contributed by atoms with Gasteiger partial charge in [0.15, 0.2) is 17.9 Å². The van der Waals surface area contributed by atoms with Crippen molar-refractivity contribution >= 4 is 11.8 Å². The van der Waals surface area contributed by atoms with Crippen molar-refractivity contribution < 1.29 is 43.1 Å². The molecule has 10 heteroatoms. The lowest BCUT2D eigenvalue weighted by atomic mass is 9.76. The van der Waals surface area contributed by atoms with Crippen LogP contribution in [0.15, 0.2) is 0 Å². The third kappa shape index (κ3) is 5.99. The summed E-state index contributed by atoms with van der Waals surface area (Å²) in [5, 5.41) is 14.2. The van der Waals surface area contributed by atoms with Crippen LogP contribution in [0.1, 0.15) is 88.5 Å². The topological polar surface area (TPSA) is 122 Å². The van der Waals surface area contributed by atoms with Gasteiger partial charge in [-0.3, -0.25) is 9.59 Å². The van der Waals surface area contributed by atoms with E-state index >= 15 is 0 Å². The number of carbonyl (C=O) groups is 2. The molecule has 5 unspecified atom stereocenters. The van der Waals surface area contributed by atoms with Gasteiger partial charge in [-0.05, 0) is 73.8 Å². The number of Topliss-reactive ketones (excluding diaryl/α,β-unsaturated/α-hetero) is 1. The Kier molecular flexibility index (Phi) is 9.39. The molecular weight excluding hydrogens is 530 g/mol. The van der Waals surface area contributed by atoms with Crippen LogP contribution in [0.5, 0.6) is 0 Å². The largest absolute Gasteiger partial charge is 0.458 e. The van der Waals surface area contributed by atoms with Gasteiger partial charge in [0.05, 0.1) is 30.0 Å². The van der Waals surface area contributed by atoms with Crippen LogP contribution >= 0.6 is 0 Å². The zero-order valence-corrected chi connectivity index (χ0v) is 26.8. The van der Waals surface area contributed by atoms with Crippen LogP contribution in [-0.4, -0.2) is 89.9 Å². The summed E-state index contributed by atoms with van der Waals surface area (Å²) < 4.78 is 38.5. The molecule has 14 atom stereocenters. The number of ether oxygens (including phenoxy) is 6. The Bertz CT molecular complexity index is 975. The fraction of sp³-hybridized carbons (Fsp3) is 0.935. The molecule has 0 radical (unpaired) electrons. The predicted octanol–water partition coefficient (Wildman–Crippen LogP) is 3.36. The second-order valence-corrected chi connectivity index (χ2v) is 13.9. The number of aliphatic hydroxyl groups excluding tert-OH is 1. The van der Waals surface area contributed by atoms with Gasteiger partial charge in [0.1, 0.15) is 23.7 Å². The van der Waals surface area contributed by atoms with E-state index in [1.165, 1.54) is 0 Å². The van der Waals surface area contributed by atoms with Gasteiger partial charge in [-0.25, -0.2) is 0 Å². The molecule has 4 heterocycles. The fourth-order valence-electron chi connectivity index (χ4n) is 8.04. The Morgan fingerprint density at radius 1 is 1.05 bits per heavy atom. The first kappa shape index (κ1) is 32.8. The third-order valence-corrected chi connectivity index (χ3v) is 9.98. The van der Waals surface area contributed by atoms with Gasteiger partial charge in [-0.1, -0.05) is 27.7 Å². The van der Waals surface area contributed by atoms with Crippen LogP contribution in [0, 0.1) is 23.7 Å². The molecule has 0 aromatic heterocycles. The average Bonchev–Trinajstić information content (AvgIpc) is 3.35. The van der Waals surface area contributed by atoms with Crippen molar-refractivity contribution in [3.05, 3.63) is 0 Å². The van der Waals surface area contributed by atoms with E-state index in [9.17, 15) is 14.7 Å². The molecule has 0 saturated carbocycles. The number of aliphatic hydroxyl groups is 1. The van der Waals surface area contributed by atoms with Gasteiger partial charge in [0.2, 0.25) is 0 Å². The normalized spacial score (nSPS) is 50.8. The summed E-state index contributed by atoms with van der Waals surface area (Å²) in [6, 6.07) is -0.221. The summed E-state index contributed by atoms with van der Waals surface area (Å²) in [5.41, 5.74) is -1.84. The summed E-state index contributed by atoms with van der Waals surface area (Å²) in [4.78, 5) is 27.6. The molecule has 4 rings (SSSR count). The molecule has 0 spiro atoms. The highest BCUT2D eigenvalue weighted by molar-refractivity contribution is 6.00. The number of hydrogen-bond acceptors (Lipinski definition) is 10. The van der Waals surface area contributed by atoms with Crippen molar-refractivity contribution in [2.45, 2.75) is 154 Å². The summed E-state index contributed by atoms with van der Waals surface area (Å²) >= 11 is 0. The Balaban J connectivity index is 1.74. The van der Waals surface area contributed by atoms with Gasteiger partial charge in [-0.15, -0.1) is 0 Å². The van der Waals surface area contributed by atoms with Gasteiger partial charge in [-0.2, -0.15) is 0 Å². The molecule has 2 bridgehead atoms. The molecule has 236 valence electrons. The van der Waals surface area contributed by atoms with E-state index in [0.717, 1.165) is 0 Å². The number of hydrogen-bond donors (Lipinski definition) is 2. The van der Waals surface area contributed by atoms with Crippen molar-refractivity contribution in [1.82, 2.24) is 5.32 Å². The maximum Gasteiger partial charge on any atom is 0.316 e. The Labute approximate surface area is 245 Å². The van der Waals surface area contributed by atoms with Crippen molar-refractivity contribution in [3.63, 3.8) is 0 Å². The van der Waals surface area contributed by atoms with Crippen molar-refractivity contribution in [2.24, 2.45) is 23.7 Å². The van der Waals surface area contributed by atoms with Gasteiger partial charge < -0.3 is 38.8 Å². The van der Waals surface area contributed by atoms with Crippen LogP contribution in [0.3, 0.4) is 0 Å². The fourth-order valence-corrected chi connectivity index (χ4v) is 8.04. The SMILES string of the molecule is CC[C@H]1OC(C)(C)O[C@@]1(C)[C@@H]1OC(=O)[C@H](C)C(=O)[C@H](C)[C@@H](O[C@@H]2OC(C)CC(NC)C2O)[C@]2(C)CC(C)C(O2)[C@@H]1C. The van der Waals surface area contributed by atoms with E-state index < -0.39 is 59.4 Å². The average molecular weight is 584 g/mol. The Hall–Kier alpha value is -1.14. The molecule has 10 nitrogen and oxygen atoms in total.